The Kier molecular flexibility index (Phi) is 7.13. The van der Waals surface area contributed by atoms with Crippen LogP contribution in [0.15, 0.2) is 66.7 Å². The summed E-state index contributed by atoms with van der Waals surface area (Å²) in [5, 5.41) is 0. The molecule has 2 aliphatic rings. The predicted molar refractivity (Wildman–Crippen MR) is 145 cm³/mol. The Morgan fingerprint density at radius 3 is 2.05 bits per heavy atom. The summed E-state index contributed by atoms with van der Waals surface area (Å²) in [4.78, 5) is 33.8. The van der Waals surface area contributed by atoms with E-state index < -0.39 is 12.0 Å². The number of methoxy groups -OCH3 is 3. The van der Waals surface area contributed by atoms with Crippen LogP contribution in [0.4, 0.5) is 5.69 Å². The van der Waals surface area contributed by atoms with E-state index in [9.17, 15) is 9.59 Å². The van der Waals surface area contributed by atoms with Gasteiger partial charge in [-0.3, -0.25) is 9.59 Å². The van der Waals surface area contributed by atoms with Gasteiger partial charge in [-0.05, 0) is 47.5 Å². The van der Waals surface area contributed by atoms with Crippen molar-refractivity contribution in [1.29, 1.82) is 0 Å². The second-order valence-corrected chi connectivity index (χ2v) is 9.55. The third kappa shape index (κ3) is 4.51. The molecule has 5 rings (SSSR count). The van der Waals surface area contributed by atoms with Crippen molar-refractivity contribution in [2.24, 2.45) is 0 Å². The molecule has 0 saturated carbocycles. The highest BCUT2D eigenvalue weighted by Crippen LogP contribution is 2.46. The van der Waals surface area contributed by atoms with Crippen LogP contribution in [0.2, 0.25) is 0 Å². The number of ether oxygens (including phenoxy) is 3. The predicted octanol–water partition coefficient (Wildman–Crippen LogP) is 3.97. The minimum Gasteiger partial charge on any atom is -0.497 e. The molecule has 2 atom stereocenters. The van der Waals surface area contributed by atoms with Gasteiger partial charge in [-0.25, -0.2) is 0 Å². The number of carbonyl (C=O) groups is 2. The number of amides is 2. The Morgan fingerprint density at radius 1 is 0.816 bits per heavy atom. The molecule has 2 aliphatic heterocycles. The summed E-state index contributed by atoms with van der Waals surface area (Å²) in [6.45, 7) is 2.67. The average Bonchev–Trinajstić information content (AvgIpc) is 2.98. The van der Waals surface area contributed by atoms with Crippen molar-refractivity contribution in [2.75, 3.05) is 59.5 Å². The maximum atomic E-state index is 14.3. The van der Waals surface area contributed by atoms with Gasteiger partial charge in [0.1, 0.15) is 5.75 Å². The molecule has 2 heterocycles. The number of hydrogen-bond donors (Lipinski definition) is 0. The van der Waals surface area contributed by atoms with E-state index >= 15 is 0 Å². The number of anilines is 1. The second-order valence-electron chi connectivity index (χ2n) is 9.55. The minimum absolute atomic E-state index is 0.00801. The molecule has 0 unspecified atom stereocenters. The first-order chi connectivity index (χ1) is 18.5. The third-order valence-electron chi connectivity index (χ3n) is 7.61. The zero-order chi connectivity index (χ0) is 26.8. The van der Waals surface area contributed by atoms with Crippen LogP contribution >= 0.6 is 0 Å². The Balaban J connectivity index is 1.54. The maximum absolute atomic E-state index is 14.3. The molecule has 8 heteroatoms. The minimum atomic E-state index is -0.607. The third-order valence-corrected chi connectivity index (χ3v) is 7.61. The molecule has 0 spiro atoms. The molecule has 0 aliphatic carbocycles. The topological polar surface area (TPSA) is 71.5 Å². The number of rotatable bonds is 6. The van der Waals surface area contributed by atoms with E-state index in [0.717, 1.165) is 24.3 Å². The number of fused-ring (bicyclic) bond motifs is 1. The first-order valence-electron chi connectivity index (χ1n) is 12.7. The fraction of sp³-hybridized carbons (Fsp3) is 0.333. The summed E-state index contributed by atoms with van der Waals surface area (Å²) in [6, 6.07) is 20.8. The monoisotopic (exact) mass is 515 g/mol. The van der Waals surface area contributed by atoms with E-state index in [2.05, 4.69) is 17.0 Å². The van der Waals surface area contributed by atoms with Gasteiger partial charge in [0.2, 0.25) is 5.91 Å². The highest BCUT2D eigenvalue weighted by molar-refractivity contribution is 6.02. The van der Waals surface area contributed by atoms with Crippen molar-refractivity contribution in [3.63, 3.8) is 0 Å². The normalized spacial score (nSPS) is 19.2. The summed E-state index contributed by atoms with van der Waals surface area (Å²) in [5.41, 5.74) is 3.13. The Bertz CT molecular complexity index is 1300. The van der Waals surface area contributed by atoms with Crippen molar-refractivity contribution < 1.29 is 23.8 Å². The molecule has 1 fully saturated rings. The van der Waals surface area contributed by atoms with Gasteiger partial charge in [0.25, 0.3) is 5.91 Å². The van der Waals surface area contributed by atoms with Crippen LogP contribution in [0.5, 0.6) is 17.2 Å². The lowest BCUT2D eigenvalue weighted by Gasteiger charge is -2.43. The Morgan fingerprint density at radius 2 is 1.45 bits per heavy atom. The van der Waals surface area contributed by atoms with Gasteiger partial charge in [0.05, 0.1) is 33.3 Å². The average molecular weight is 516 g/mol. The molecule has 2 amide bonds. The zero-order valence-corrected chi connectivity index (χ0v) is 22.2. The molecular weight excluding hydrogens is 482 g/mol. The molecule has 38 heavy (non-hydrogen) atoms. The van der Waals surface area contributed by atoms with Crippen LogP contribution in [0.1, 0.15) is 33.4 Å². The van der Waals surface area contributed by atoms with Crippen LogP contribution in [0, 0.1) is 0 Å². The Hall–Kier alpha value is -4.20. The number of carbonyl (C=O) groups excluding carboxylic acids is 2. The molecule has 0 aromatic heterocycles. The summed E-state index contributed by atoms with van der Waals surface area (Å²) in [6.07, 6.45) is 0. The maximum Gasteiger partial charge on any atom is 0.254 e. The summed E-state index contributed by atoms with van der Waals surface area (Å²) in [7, 11) is 6.46. The van der Waals surface area contributed by atoms with Crippen LogP contribution in [0.25, 0.3) is 0 Å². The fourth-order valence-electron chi connectivity index (χ4n) is 5.55. The van der Waals surface area contributed by atoms with Crippen LogP contribution in [0.3, 0.4) is 0 Å². The van der Waals surface area contributed by atoms with Crippen LogP contribution in [-0.2, 0) is 4.79 Å². The van der Waals surface area contributed by atoms with Gasteiger partial charge in [-0.2, -0.15) is 0 Å². The molecule has 198 valence electrons. The molecule has 0 radical (unpaired) electrons. The number of benzene rings is 3. The van der Waals surface area contributed by atoms with Crippen molar-refractivity contribution in [3.05, 3.63) is 83.4 Å². The molecule has 0 bridgehead atoms. The van der Waals surface area contributed by atoms with E-state index in [1.807, 2.05) is 47.4 Å². The highest BCUT2D eigenvalue weighted by atomic mass is 16.5. The fourth-order valence-corrected chi connectivity index (χ4v) is 5.55. The molecule has 8 nitrogen and oxygen atoms in total. The first kappa shape index (κ1) is 25.4. The van der Waals surface area contributed by atoms with Crippen molar-refractivity contribution in [2.45, 2.75) is 12.0 Å². The van der Waals surface area contributed by atoms with E-state index in [4.69, 9.17) is 14.2 Å². The van der Waals surface area contributed by atoms with Crippen molar-refractivity contribution in [1.82, 2.24) is 9.80 Å². The summed E-state index contributed by atoms with van der Waals surface area (Å²) < 4.78 is 16.4. The molecule has 0 N–H and O–H groups in total. The smallest absolute Gasteiger partial charge is 0.254 e. The second kappa shape index (κ2) is 10.7. The molecule has 1 saturated heterocycles. The largest absolute Gasteiger partial charge is 0.497 e. The number of nitrogens with zero attached hydrogens (tertiary/aromatic N) is 3. The van der Waals surface area contributed by atoms with E-state index in [1.165, 1.54) is 7.11 Å². The van der Waals surface area contributed by atoms with Gasteiger partial charge in [0, 0.05) is 44.5 Å². The van der Waals surface area contributed by atoms with Gasteiger partial charge in [0.15, 0.2) is 11.5 Å². The molecule has 3 aromatic carbocycles. The standard InChI is InChI=1S/C30H33N3O5/c1-31-28(20-10-12-22(36-2)13-11-20)27(23-18-25(37-3)26(38-4)19-24(23)29(31)34)30(35)33-16-14-32(15-17-33)21-8-6-5-7-9-21/h5-13,18-19,27-28H,14-17H2,1-4H3/t27-,28+/m1/s1. The summed E-state index contributed by atoms with van der Waals surface area (Å²) >= 11 is 0. The number of para-hydroxylation sites is 1. The SMILES string of the molecule is COc1ccc([C@H]2[C@H](C(=O)N3CCN(c4ccccc4)CC3)c3cc(OC)c(OC)cc3C(=O)N2C)cc1. The number of likely N-dealkylation sites (N-methyl/N-ethyl adjacent to an activating group) is 1. The lowest BCUT2D eigenvalue weighted by molar-refractivity contribution is -0.134. The van der Waals surface area contributed by atoms with E-state index in [1.54, 1.807) is 38.3 Å². The first-order valence-corrected chi connectivity index (χ1v) is 12.7. The highest BCUT2D eigenvalue weighted by Gasteiger charge is 2.45. The lowest BCUT2D eigenvalue weighted by atomic mass is 9.78. The van der Waals surface area contributed by atoms with Crippen LogP contribution < -0.4 is 19.1 Å². The quantitative estimate of drug-likeness (QED) is 0.495. The lowest BCUT2D eigenvalue weighted by Crippen LogP contribution is -2.53. The van der Waals surface area contributed by atoms with Gasteiger partial charge >= 0.3 is 0 Å². The summed E-state index contributed by atoms with van der Waals surface area (Å²) in [5.74, 6) is 0.878. The van der Waals surface area contributed by atoms with Crippen molar-refractivity contribution in [3.8, 4) is 17.2 Å². The van der Waals surface area contributed by atoms with E-state index in [0.29, 0.717) is 41.5 Å². The van der Waals surface area contributed by atoms with Gasteiger partial charge in [-0.1, -0.05) is 30.3 Å². The molecule has 3 aromatic rings. The van der Waals surface area contributed by atoms with E-state index in [-0.39, 0.29) is 11.8 Å². The molecular formula is C30H33N3O5. The number of piperazine rings is 1. The van der Waals surface area contributed by atoms with Crippen LogP contribution in [-0.4, -0.2) is 76.2 Å². The van der Waals surface area contributed by atoms with Crippen molar-refractivity contribution >= 4 is 17.5 Å². The number of hydrogen-bond acceptors (Lipinski definition) is 6. The van der Waals surface area contributed by atoms with Gasteiger partial charge in [-0.15, -0.1) is 0 Å². The zero-order valence-electron chi connectivity index (χ0n) is 22.2. The Labute approximate surface area is 223 Å². The van der Waals surface area contributed by atoms with Gasteiger partial charge < -0.3 is 28.9 Å².